The molecule has 0 spiro atoms. The molecule has 4 aliphatic carbocycles. The number of aliphatic hydroxyl groups is 1. The number of carbonyl (C=O) groups is 4. The van der Waals surface area contributed by atoms with Gasteiger partial charge >= 0.3 is 12.3 Å². The third-order valence-corrected chi connectivity index (χ3v) is 9.76. The van der Waals surface area contributed by atoms with Crippen LogP contribution in [0.5, 0.6) is 0 Å². The maximum atomic E-state index is 15.7. The van der Waals surface area contributed by atoms with Gasteiger partial charge in [-0.3, -0.25) is 9.59 Å². The minimum Gasteiger partial charge on any atom is -0.438 e. The van der Waals surface area contributed by atoms with Gasteiger partial charge in [-0.2, -0.15) is 0 Å². The fraction of sp³-hybridized carbons (Fsp3) is 0.724. The minimum absolute atomic E-state index is 0.0783. The highest BCUT2D eigenvalue weighted by atomic mass is 19.1. The third-order valence-electron chi connectivity index (χ3n) is 9.76. The molecule has 4 aliphatic rings. The third kappa shape index (κ3) is 4.89. The highest BCUT2D eigenvalue weighted by Gasteiger charge is 2.71. The van der Waals surface area contributed by atoms with Gasteiger partial charge in [0.15, 0.2) is 18.0 Å². The van der Waals surface area contributed by atoms with Crippen LogP contribution in [0, 0.1) is 28.6 Å². The Morgan fingerprint density at radius 2 is 1.90 bits per heavy atom. The van der Waals surface area contributed by atoms with Crippen LogP contribution in [0.4, 0.5) is 14.0 Å². The van der Waals surface area contributed by atoms with Crippen molar-refractivity contribution < 1.29 is 47.6 Å². The average Bonchev–Trinajstić information content (AvgIpc) is 3.18. The molecule has 0 amide bonds. The maximum absolute atomic E-state index is 15.7. The second-order valence-electron chi connectivity index (χ2n) is 11.7. The summed E-state index contributed by atoms with van der Waals surface area (Å²) in [5.74, 6) is -1.95. The molecule has 9 nitrogen and oxygen atoms in total. The van der Waals surface area contributed by atoms with Crippen molar-refractivity contribution in [3.05, 3.63) is 23.8 Å². The molecule has 0 saturated heterocycles. The molecule has 4 rings (SSSR count). The number of ketones is 2. The summed E-state index contributed by atoms with van der Waals surface area (Å²) in [6, 6.07) is 0. The molecule has 1 N–H and O–H groups in total. The van der Waals surface area contributed by atoms with E-state index in [1.54, 1.807) is 13.0 Å². The first-order valence-electron chi connectivity index (χ1n) is 13.8. The Kier molecular flexibility index (Phi) is 8.26. The van der Waals surface area contributed by atoms with E-state index in [-0.39, 0.29) is 43.5 Å². The number of hydrogen-bond acceptors (Lipinski definition) is 9. The van der Waals surface area contributed by atoms with Crippen LogP contribution in [0.2, 0.25) is 0 Å². The lowest BCUT2D eigenvalue weighted by molar-refractivity contribution is -0.186. The van der Waals surface area contributed by atoms with Crippen molar-refractivity contribution in [3.8, 4) is 0 Å². The Hall–Kier alpha value is -2.75. The predicted octanol–water partition coefficient (Wildman–Crippen LogP) is 4.65. The number of rotatable bonds is 8. The van der Waals surface area contributed by atoms with Gasteiger partial charge in [0, 0.05) is 16.7 Å². The first kappa shape index (κ1) is 29.2. The summed E-state index contributed by atoms with van der Waals surface area (Å²) in [6.07, 6.45) is 3.17. The fourth-order valence-electron chi connectivity index (χ4n) is 7.98. The minimum atomic E-state index is -1.75. The molecule has 0 radical (unpaired) electrons. The smallest absolute Gasteiger partial charge is 0.438 e. The fourth-order valence-corrected chi connectivity index (χ4v) is 7.98. The van der Waals surface area contributed by atoms with E-state index >= 15 is 4.39 Å². The Balaban J connectivity index is 1.68. The number of halogens is 1. The van der Waals surface area contributed by atoms with Crippen LogP contribution >= 0.6 is 0 Å². The molecule has 0 aromatic carbocycles. The summed E-state index contributed by atoms with van der Waals surface area (Å²) < 4.78 is 36.2. The van der Waals surface area contributed by atoms with Crippen LogP contribution < -0.4 is 0 Å². The molecule has 0 heterocycles. The second kappa shape index (κ2) is 11.0. The zero-order valence-corrected chi connectivity index (χ0v) is 23.1. The van der Waals surface area contributed by atoms with E-state index in [1.165, 1.54) is 12.2 Å². The van der Waals surface area contributed by atoms with Crippen molar-refractivity contribution in [2.75, 3.05) is 20.3 Å². The van der Waals surface area contributed by atoms with Crippen LogP contribution in [0.25, 0.3) is 0 Å². The van der Waals surface area contributed by atoms with Gasteiger partial charge in [-0.1, -0.05) is 39.7 Å². The highest BCUT2D eigenvalue weighted by molar-refractivity contribution is 6.01. The summed E-state index contributed by atoms with van der Waals surface area (Å²) in [5, 5.41) is 11.6. The molecule has 39 heavy (non-hydrogen) atoms. The molecule has 0 aromatic rings. The molecule has 10 heteroatoms. The van der Waals surface area contributed by atoms with Crippen molar-refractivity contribution >= 4 is 23.9 Å². The zero-order chi connectivity index (χ0) is 28.6. The maximum Gasteiger partial charge on any atom is 0.509 e. The lowest BCUT2D eigenvalue weighted by Crippen LogP contribution is -2.64. The van der Waals surface area contributed by atoms with Crippen molar-refractivity contribution in [2.45, 2.75) is 83.6 Å². The number of ether oxygens (including phenoxy) is 4. The number of aliphatic hydroxyl groups excluding tert-OH is 1. The van der Waals surface area contributed by atoms with E-state index in [2.05, 4.69) is 4.74 Å². The molecule has 0 aliphatic heterocycles. The number of Topliss-reactive ketones (excluding diaryl/α,β-unsaturated/α-hetero) is 1. The van der Waals surface area contributed by atoms with Crippen molar-refractivity contribution in [1.82, 2.24) is 0 Å². The molecule has 0 aromatic heterocycles. The van der Waals surface area contributed by atoms with Gasteiger partial charge in [0.25, 0.3) is 0 Å². The van der Waals surface area contributed by atoms with Gasteiger partial charge in [0.1, 0.15) is 6.17 Å². The van der Waals surface area contributed by atoms with Gasteiger partial charge in [0.2, 0.25) is 5.78 Å². The van der Waals surface area contributed by atoms with Crippen LogP contribution in [0.15, 0.2) is 23.8 Å². The number of allylic oxidation sites excluding steroid dienone is 4. The van der Waals surface area contributed by atoms with Crippen molar-refractivity contribution in [3.63, 3.8) is 0 Å². The zero-order valence-electron chi connectivity index (χ0n) is 23.1. The van der Waals surface area contributed by atoms with Crippen molar-refractivity contribution in [2.24, 2.45) is 28.6 Å². The van der Waals surface area contributed by atoms with Crippen LogP contribution in [-0.4, -0.2) is 67.2 Å². The van der Waals surface area contributed by atoms with Crippen LogP contribution in [0.3, 0.4) is 0 Å². The van der Waals surface area contributed by atoms with Crippen molar-refractivity contribution in [1.29, 1.82) is 0 Å². The molecule has 3 saturated carbocycles. The summed E-state index contributed by atoms with van der Waals surface area (Å²) in [6.45, 7) is 5.08. The van der Waals surface area contributed by atoms with E-state index in [0.29, 0.717) is 18.4 Å². The molecule has 0 bridgehead atoms. The number of methoxy groups -OCH3 is 1. The van der Waals surface area contributed by atoms with Gasteiger partial charge in [-0.05, 0) is 61.7 Å². The molecule has 216 valence electrons. The second-order valence-corrected chi connectivity index (χ2v) is 11.7. The number of hydrogen-bond donors (Lipinski definition) is 1. The summed E-state index contributed by atoms with van der Waals surface area (Å²) in [7, 11) is 1.12. The SMILES string of the molecule is CCCCCOC(=O)O[C@]1(C(=O)COC(=O)OC)CC[C@H]2[C@@H]3C[C@H](F)C4=CC(=O)C=C[C@]4(C)[C@H]3C(O)C[C@@]21C. The summed E-state index contributed by atoms with van der Waals surface area (Å²) in [4.78, 5) is 50.3. The quantitative estimate of drug-likeness (QED) is 0.340. The summed E-state index contributed by atoms with van der Waals surface area (Å²) in [5.41, 5.74) is -3.32. The molecule has 8 atom stereocenters. The van der Waals surface area contributed by atoms with Gasteiger partial charge in [0.05, 0.1) is 19.8 Å². The van der Waals surface area contributed by atoms with E-state index in [9.17, 15) is 24.3 Å². The number of carbonyl (C=O) groups excluding carboxylic acids is 4. The number of unbranched alkanes of at least 4 members (excludes halogenated alkanes) is 2. The normalized spacial score (nSPS) is 38.6. The number of fused-ring (bicyclic) bond motifs is 5. The molecule has 1 unspecified atom stereocenters. The largest absolute Gasteiger partial charge is 0.509 e. The van der Waals surface area contributed by atoms with Gasteiger partial charge in [-0.25, -0.2) is 14.0 Å². The Bertz CT molecular complexity index is 1070. The Morgan fingerprint density at radius 1 is 1.15 bits per heavy atom. The topological polar surface area (TPSA) is 125 Å². The lowest BCUT2D eigenvalue weighted by Gasteiger charge is -2.60. The lowest BCUT2D eigenvalue weighted by atomic mass is 9.46. The first-order valence-corrected chi connectivity index (χ1v) is 13.8. The average molecular weight is 551 g/mol. The van der Waals surface area contributed by atoms with Crippen LogP contribution in [0.1, 0.15) is 65.7 Å². The monoisotopic (exact) mass is 550 g/mol. The molecular formula is C29H39FO9. The van der Waals surface area contributed by atoms with Gasteiger partial charge < -0.3 is 24.1 Å². The number of alkyl halides is 1. The van der Waals surface area contributed by atoms with E-state index in [4.69, 9.17) is 14.2 Å². The van der Waals surface area contributed by atoms with Crippen LogP contribution in [-0.2, 0) is 28.5 Å². The predicted molar refractivity (Wildman–Crippen MR) is 136 cm³/mol. The Labute approximate surface area is 228 Å². The molecular weight excluding hydrogens is 511 g/mol. The first-order chi connectivity index (χ1) is 18.4. The van der Waals surface area contributed by atoms with E-state index in [1.807, 2.05) is 13.8 Å². The highest BCUT2D eigenvalue weighted by Crippen LogP contribution is 2.68. The Morgan fingerprint density at radius 3 is 2.59 bits per heavy atom. The van der Waals surface area contributed by atoms with E-state index in [0.717, 1.165) is 20.0 Å². The van der Waals surface area contributed by atoms with E-state index < -0.39 is 59.3 Å². The standard InChI is InChI=1S/C29H39FO9/c1-5-6-7-12-37-26(35)39-29(23(33)16-38-25(34)36-4)11-9-19-18-14-21(30)20-13-17(31)8-10-27(20,2)24(18)22(32)15-28(19,29)3/h8,10,13,18-19,21-22,24,32H,5-7,9,11-12,14-16H2,1-4H3/t18-,19-,21-,22?,24+,27-,28-,29-/m0/s1. The summed E-state index contributed by atoms with van der Waals surface area (Å²) >= 11 is 0. The van der Waals surface area contributed by atoms with Gasteiger partial charge in [-0.15, -0.1) is 0 Å². The molecule has 3 fully saturated rings.